The Bertz CT molecular complexity index is 330. The van der Waals surface area contributed by atoms with Gasteiger partial charge >= 0.3 is 0 Å². The lowest BCUT2D eigenvalue weighted by Crippen LogP contribution is -2.36. The first kappa shape index (κ1) is 11.6. The Balaban J connectivity index is 2.23. The molecular formula is C13H23N3. The third kappa shape index (κ3) is 2.14. The van der Waals surface area contributed by atoms with Gasteiger partial charge in [0.15, 0.2) is 0 Å². The topological polar surface area (TPSA) is 29.9 Å². The van der Waals surface area contributed by atoms with Crippen LogP contribution >= 0.6 is 0 Å². The standard InChI is InChI=1S/C13H23N3/c1-4-11-7-14-6-5-12(11)13-8-15-9-16(13)10(2)3/h8-12,14H,4-7H2,1-3H3. The van der Waals surface area contributed by atoms with E-state index in [2.05, 4.69) is 41.8 Å². The van der Waals surface area contributed by atoms with Gasteiger partial charge in [-0.05, 0) is 39.3 Å². The zero-order chi connectivity index (χ0) is 11.5. The highest BCUT2D eigenvalue weighted by Gasteiger charge is 2.27. The predicted molar refractivity (Wildman–Crippen MR) is 66.6 cm³/mol. The van der Waals surface area contributed by atoms with Crippen LogP contribution in [0.2, 0.25) is 0 Å². The summed E-state index contributed by atoms with van der Waals surface area (Å²) in [6, 6.07) is 0.518. The molecule has 1 aromatic heterocycles. The van der Waals surface area contributed by atoms with Crippen molar-refractivity contribution in [1.82, 2.24) is 14.9 Å². The molecule has 1 fully saturated rings. The minimum absolute atomic E-state index is 0.518. The Kier molecular flexibility index (Phi) is 3.64. The van der Waals surface area contributed by atoms with Gasteiger partial charge < -0.3 is 9.88 Å². The molecule has 0 radical (unpaired) electrons. The summed E-state index contributed by atoms with van der Waals surface area (Å²) in [5.74, 6) is 1.46. The summed E-state index contributed by atoms with van der Waals surface area (Å²) >= 11 is 0. The van der Waals surface area contributed by atoms with E-state index in [9.17, 15) is 0 Å². The van der Waals surface area contributed by atoms with E-state index in [0.29, 0.717) is 12.0 Å². The van der Waals surface area contributed by atoms with Gasteiger partial charge in [0, 0.05) is 23.9 Å². The average molecular weight is 221 g/mol. The van der Waals surface area contributed by atoms with E-state index in [1.807, 2.05) is 6.33 Å². The van der Waals surface area contributed by atoms with Crippen molar-refractivity contribution in [2.75, 3.05) is 13.1 Å². The molecule has 0 spiro atoms. The number of imidazole rings is 1. The fraction of sp³-hybridized carbons (Fsp3) is 0.769. The fourth-order valence-corrected chi connectivity index (χ4v) is 2.77. The third-order valence-electron chi connectivity index (χ3n) is 3.76. The molecule has 0 aromatic carbocycles. The monoisotopic (exact) mass is 221 g/mol. The van der Waals surface area contributed by atoms with E-state index in [4.69, 9.17) is 0 Å². The minimum Gasteiger partial charge on any atom is -0.332 e. The Hall–Kier alpha value is -0.830. The molecule has 1 aliphatic heterocycles. The summed E-state index contributed by atoms with van der Waals surface area (Å²) in [7, 11) is 0. The number of rotatable bonds is 3. The summed E-state index contributed by atoms with van der Waals surface area (Å²) in [5, 5.41) is 3.50. The lowest BCUT2D eigenvalue weighted by Gasteiger charge is -2.32. The van der Waals surface area contributed by atoms with Gasteiger partial charge in [-0.2, -0.15) is 0 Å². The molecule has 3 heteroatoms. The molecule has 2 atom stereocenters. The smallest absolute Gasteiger partial charge is 0.0950 e. The molecule has 1 N–H and O–H groups in total. The molecular weight excluding hydrogens is 198 g/mol. The number of piperidine rings is 1. The van der Waals surface area contributed by atoms with Crippen LogP contribution in [-0.2, 0) is 0 Å². The lowest BCUT2D eigenvalue weighted by molar-refractivity contribution is 0.304. The van der Waals surface area contributed by atoms with E-state index >= 15 is 0 Å². The van der Waals surface area contributed by atoms with E-state index in [1.165, 1.54) is 18.5 Å². The molecule has 0 amide bonds. The molecule has 0 aliphatic carbocycles. The zero-order valence-electron chi connectivity index (χ0n) is 10.6. The highest BCUT2D eigenvalue weighted by atomic mass is 15.1. The maximum Gasteiger partial charge on any atom is 0.0950 e. The molecule has 90 valence electrons. The maximum atomic E-state index is 4.33. The number of nitrogens with zero attached hydrogens (tertiary/aromatic N) is 2. The number of hydrogen-bond acceptors (Lipinski definition) is 2. The highest BCUT2D eigenvalue weighted by Crippen LogP contribution is 2.33. The van der Waals surface area contributed by atoms with Crippen LogP contribution in [0.5, 0.6) is 0 Å². The zero-order valence-corrected chi connectivity index (χ0v) is 10.6. The Morgan fingerprint density at radius 2 is 2.38 bits per heavy atom. The van der Waals surface area contributed by atoms with Gasteiger partial charge in [-0.3, -0.25) is 0 Å². The lowest BCUT2D eigenvalue weighted by atomic mass is 9.82. The Morgan fingerprint density at radius 1 is 1.56 bits per heavy atom. The van der Waals surface area contributed by atoms with Crippen LogP contribution in [0.4, 0.5) is 0 Å². The predicted octanol–water partition coefficient (Wildman–Crippen LogP) is 2.57. The van der Waals surface area contributed by atoms with Crippen LogP contribution in [0.3, 0.4) is 0 Å². The number of nitrogens with one attached hydrogen (secondary N) is 1. The Labute approximate surface area is 98.3 Å². The molecule has 2 heterocycles. The van der Waals surface area contributed by atoms with Crippen molar-refractivity contribution in [1.29, 1.82) is 0 Å². The van der Waals surface area contributed by atoms with Crippen molar-refractivity contribution in [3.63, 3.8) is 0 Å². The van der Waals surface area contributed by atoms with Gasteiger partial charge in [0.1, 0.15) is 0 Å². The fourth-order valence-electron chi connectivity index (χ4n) is 2.77. The number of aromatic nitrogens is 2. The quantitative estimate of drug-likeness (QED) is 0.850. The Morgan fingerprint density at radius 3 is 3.06 bits per heavy atom. The van der Waals surface area contributed by atoms with E-state index in [0.717, 1.165) is 19.0 Å². The highest BCUT2D eigenvalue weighted by molar-refractivity contribution is 5.10. The molecule has 1 aliphatic rings. The number of hydrogen-bond donors (Lipinski definition) is 1. The molecule has 1 aromatic rings. The average Bonchev–Trinajstić information content (AvgIpc) is 2.77. The first-order valence-corrected chi connectivity index (χ1v) is 6.46. The van der Waals surface area contributed by atoms with Gasteiger partial charge in [-0.15, -0.1) is 0 Å². The third-order valence-corrected chi connectivity index (χ3v) is 3.76. The largest absolute Gasteiger partial charge is 0.332 e. The van der Waals surface area contributed by atoms with Crippen LogP contribution in [0.1, 0.15) is 51.3 Å². The van der Waals surface area contributed by atoms with Crippen LogP contribution in [0.25, 0.3) is 0 Å². The van der Waals surface area contributed by atoms with Gasteiger partial charge in [-0.1, -0.05) is 13.3 Å². The van der Waals surface area contributed by atoms with Crippen molar-refractivity contribution < 1.29 is 0 Å². The summed E-state index contributed by atoms with van der Waals surface area (Å²) in [6.45, 7) is 9.05. The summed E-state index contributed by atoms with van der Waals surface area (Å²) in [6.07, 6.45) is 6.55. The van der Waals surface area contributed by atoms with Crippen molar-refractivity contribution in [2.24, 2.45) is 5.92 Å². The van der Waals surface area contributed by atoms with E-state index < -0.39 is 0 Å². The van der Waals surface area contributed by atoms with Crippen molar-refractivity contribution >= 4 is 0 Å². The second kappa shape index (κ2) is 5.00. The molecule has 1 saturated heterocycles. The molecule has 16 heavy (non-hydrogen) atoms. The van der Waals surface area contributed by atoms with Crippen LogP contribution in [0.15, 0.2) is 12.5 Å². The van der Waals surface area contributed by atoms with Crippen molar-refractivity contribution in [2.45, 2.75) is 45.6 Å². The summed E-state index contributed by atoms with van der Waals surface area (Å²) < 4.78 is 2.33. The molecule has 3 nitrogen and oxygen atoms in total. The summed E-state index contributed by atoms with van der Waals surface area (Å²) in [4.78, 5) is 4.33. The second-order valence-electron chi connectivity index (χ2n) is 5.09. The SMILES string of the molecule is CCC1CNCCC1c1cncn1C(C)C. The van der Waals surface area contributed by atoms with E-state index in [1.54, 1.807) is 0 Å². The van der Waals surface area contributed by atoms with Gasteiger partial charge in [0.25, 0.3) is 0 Å². The minimum atomic E-state index is 0.518. The van der Waals surface area contributed by atoms with Gasteiger partial charge in [0.2, 0.25) is 0 Å². The molecule has 0 saturated carbocycles. The van der Waals surface area contributed by atoms with Crippen molar-refractivity contribution in [3.05, 3.63) is 18.2 Å². The van der Waals surface area contributed by atoms with Crippen LogP contribution in [0, 0.1) is 5.92 Å². The van der Waals surface area contributed by atoms with Crippen molar-refractivity contribution in [3.8, 4) is 0 Å². The van der Waals surface area contributed by atoms with Gasteiger partial charge in [-0.25, -0.2) is 4.98 Å². The molecule has 2 rings (SSSR count). The first-order valence-electron chi connectivity index (χ1n) is 6.46. The molecule has 0 bridgehead atoms. The normalized spacial score (nSPS) is 26.2. The summed E-state index contributed by atoms with van der Waals surface area (Å²) in [5.41, 5.74) is 1.43. The van der Waals surface area contributed by atoms with Crippen LogP contribution in [-0.4, -0.2) is 22.6 Å². The van der Waals surface area contributed by atoms with Crippen LogP contribution < -0.4 is 5.32 Å². The second-order valence-corrected chi connectivity index (χ2v) is 5.09. The first-order chi connectivity index (χ1) is 7.74. The maximum absolute atomic E-state index is 4.33. The van der Waals surface area contributed by atoms with Gasteiger partial charge in [0.05, 0.1) is 6.33 Å². The van der Waals surface area contributed by atoms with E-state index in [-0.39, 0.29) is 0 Å². The molecule has 2 unspecified atom stereocenters.